The van der Waals surface area contributed by atoms with Crippen molar-refractivity contribution in [3.63, 3.8) is 0 Å². The molecule has 0 aromatic rings. The summed E-state index contributed by atoms with van der Waals surface area (Å²) in [7, 11) is 3.48. The number of aliphatic imine (C=N–C) groups is 1. The summed E-state index contributed by atoms with van der Waals surface area (Å²) >= 11 is 0. The molecule has 1 rings (SSSR count). The van der Waals surface area contributed by atoms with Crippen LogP contribution < -0.4 is 10.6 Å². The molecule has 6 heteroatoms. The van der Waals surface area contributed by atoms with Gasteiger partial charge >= 0.3 is 0 Å². The molecule has 0 bridgehead atoms. The number of nitrogens with zero attached hydrogens (tertiary/aromatic N) is 2. The fourth-order valence-corrected chi connectivity index (χ4v) is 2.32. The van der Waals surface area contributed by atoms with Gasteiger partial charge in [-0.3, -0.25) is 4.79 Å². The van der Waals surface area contributed by atoms with Crippen molar-refractivity contribution in [1.82, 2.24) is 15.5 Å². The SMILES string of the molecule is C=CCNC(=NCC(=O)N(C)C)NC1CCCCC1C.I. The maximum atomic E-state index is 11.6. The first-order valence-corrected chi connectivity index (χ1v) is 7.40. The number of hydrogen-bond donors (Lipinski definition) is 2. The lowest BCUT2D eigenvalue weighted by molar-refractivity contribution is -0.127. The zero-order valence-corrected chi connectivity index (χ0v) is 15.7. The Kier molecular flexibility index (Phi) is 10.5. The maximum absolute atomic E-state index is 11.6. The predicted molar refractivity (Wildman–Crippen MR) is 99.2 cm³/mol. The Morgan fingerprint density at radius 1 is 1.38 bits per heavy atom. The monoisotopic (exact) mass is 408 g/mol. The van der Waals surface area contributed by atoms with Crippen molar-refractivity contribution in [2.24, 2.45) is 10.9 Å². The third-order valence-corrected chi connectivity index (χ3v) is 3.72. The van der Waals surface area contributed by atoms with Crippen LogP contribution in [0, 0.1) is 5.92 Å². The van der Waals surface area contributed by atoms with E-state index in [1.165, 1.54) is 19.3 Å². The van der Waals surface area contributed by atoms with E-state index in [0.717, 1.165) is 6.42 Å². The van der Waals surface area contributed by atoms with Gasteiger partial charge < -0.3 is 15.5 Å². The maximum Gasteiger partial charge on any atom is 0.243 e. The number of likely N-dealkylation sites (N-methyl/N-ethyl adjacent to an activating group) is 1. The summed E-state index contributed by atoms with van der Waals surface area (Å²) < 4.78 is 0. The van der Waals surface area contributed by atoms with E-state index in [2.05, 4.69) is 29.1 Å². The lowest BCUT2D eigenvalue weighted by atomic mass is 9.86. The van der Waals surface area contributed by atoms with Crippen LogP contribution in [0.5, 0.6) is 0 Å². The zero-order valence-electron chi connectivity index (χ0n) is 13.4. The number of carbonyl (C=O) groups excluding carboxylic acids is 1. The van der Waals surface area contributed by atoms with Crippen LogP contribution in [0.4, 0.5) is 0 Å². The number of guanidine groups is 1. The summed E-state index contributed by atoms with van der Waals surface area (Å²) in [4.78, 5) is 17.5. The Balaban J connectivity index is 0.00000400. The molecular formula is C15H29IN4O. The van der Waals surface area contributed by atoms with Gasteiger partial charge in [0.05, 0.1) is 0 Å². The molecule has 1 aliphatic carbocycles. The van der Waals surface area contributed by atoms with E-state index >= 15 is 0 Å². The average molecular weight is 408 g/mol. The molecule has 0 radical (unpaired) electrons. The van der Waals surface area contributed by atoms with Crippen LogP contribution in [-0.2, 0) is 4.79 Å². The Morgan fingerprint density at radius 3 is 2.62 bits per heavy atom. The molecule has 0 saturated heterocycles. The lowest BCUT2D eigenvalue weighted by Crippen LogP contribution is -2.47. The summed E-state index contributed by atoms with van der Waals surface area (Å²) in [6.07, 6.45) is 6.77. The second kappa shape index (κ2) is 10.9. The molecule has 0 aromatic carbocycles. The highest BCUT2D eigenvalue weighted by molar-refractivity contribution is 14.0. The van der Waals surface area contributed by atoms with Crippen molar-refractivity contribution in [2.75, 3.05) is 27.2 Å². The highest BCUT2D eigenvalue weighted by Gasteiger charge is 2.22. The number of amides is 1. The van der Waals surface area contributed by atoms with Crippen LogP contribution in [0.3, 0.4) is 0 Å². The molecule has 1 fully saturated rings. The minimum absolute atomic E-state index is 0. The molecule has 0 aromatic heterocycles. The first kappa shape index (κ1) is 20.2. The molecule has 1 aliphatic rings. The van der Waals surface area contributed by atoms with Gasteiger partial charge in [0.1, 0.15) is 6.54 Å². The van der Waals surface area contributed by atoms with Crippen LogP contribution in [0.1, 0.15) is 32.6 Å². The third kappa shape index (κ3) is 7.68. The number of halogens is 1. The molecule has 2 unspecified atom stereocenters. The zero-order chi connectivity index (χ0) is 15.0. The van der Waals surface area contributed by atoms with E-state index < -0.39 is 0 Å². The molecule has 0 heterocycles. The minimum Gasteiger partial charge on any atom is -0.353 e. The van der Waals surface area contributed by atoms with Gasteiger partial charge in [-0.05, 0) is 18.8 Å². The Bertz CT molecular complexity index is 358. The largest absolute Gasteiger partial charge is 0.353 e. The normalized spacial score (nSPS) is 22.0. The Morgan fingerprint density at radius 2 is 2.05 bits per heavy atom. The average Bonchev–Trinajstić information content (AvgIpc) is 2.43. The van der Waals surface area contributed by atoms with Gasteiger partial charge in [0.2, 0.25) is 5.91 Å². The van der Waals surface area contributed by atoms with Crippen molar-refractivity contribution in [3.8, 4) is 0 Å². The molecule has 1 saturated carbocycles. The van der Waals surface area contributed by atoms with Crippen LogP contribution in [0.2, 0.25) is 0 Å². The number of rotatable bonds is 5. The van der Waals surface area contributed by atoms with Gasteiger partial charge in [0.15, 0.2) is 5.96 Å². The Labute approximate surface area is 145 Å². The fraction of sp³-hybridized carbons (Fsp3) is 0.733. The van der Waals surface area contributed by atoms with Gasteiger partial charge in [-0.1, -0.05) is 25.8 Å². The summed E-state index contributed by atoms with van der Waals surface area (Å²) in [5.74, 6) is 1.35. The highest BCUT2D eigenvalue weighted by Crippen LogP contribution is 2.23. The van der Waals surface area contributed by atoms with Crippen molar-refractivity contribution >= 4 is 35.8 Å². The Hall–Kier alpha value is -0.790. The van der Waals surface area contributed by atoms with E-state index in [1.807, 2.05) is 0 Å². The number of nitrogens with one attached hydrogen (secondary N) is 2. The molecule has 2 atom stereocenters. The number of hydrogen-bond acceptors (Lipinski definition) is 2. The van der Waals surface area contributed by atoms with Crippen molar-refractivity contribution in [1.29, 1.82) is 0 Å². The van der Waals surface area contributed by atoms with Crippen molar-refractivity contribution < 1.29 is 4.79 Å². The lowest BCUT2D eigenvalue weighted by Gasteiger charge is -2.30. The smallest absolute Gasteiger partial charge is 0.243 e. The van der Waals surface area contributed by atoms with E-state index in [0.29, 0.717) is 24.5 Å². The van der Waals surface area contributed by atoms with Gasteiger partial charge in [-0.2, -0.15) is 0 Å². The fourth-order valence-electron chi connectivity index (χ4n) is 2.32. The summed E-state index contributed by atoms with van der Waals surface area (Å²) in [6, 6.07) is 0.439. The molecule has 5 nitrogen and oxygen atoms in total. The molecule has 122 valence electrons. The van der Waals surface area contributed by atoms with Crippen LogP contribution >= 0.6 is 24.0 Å². The summed E-state index contributed by atoms with van der Waals surface area (Å²) in [5, 5.41) is 6.64. The van der Waals surface area contributed by atoms with E-state index in [-0.39, 0.29) is 36.4 Å². The first-order valence-electron chi connectivity index (χ1n) is 7.40. The number of carbonyl (C=O) groups is 1. The van der Waals surface area contributed by atoms with Gasteiger partial charge in [-0.25, -0.2) is 4.99 Å². The predicted octanol–water partition coefficient (Wildman–Crippen LogP) is 1.99. The first-order chi connectivity index (χ1) is 9.54. The molecular weight excluding hydrogens is 379 g/mol. The van der Waals surface area contributed by atoms with Crippen molar-refractivity contribution in [2.45, 2.75) is 38.6 Å². The molecule has 2 N–H and O–H groups in total. The second-order valence-corrected chi connectivity index (χ2v) is 5.64. The third-order valence-electron chi connectivity index (χ3n) is 3.72. The minimum atomic E-state index is 0. The summed E-state index contributed by atoms with van der Waals surface area (Å²) in [6.45, 7) is 6.78. The topological polar surface area (TPSA) is 56.7 Å². The van der Waals surface area contributed by atoms with Gasteiger partial charge in [0.25, 0.3) is 0 Å². The van der Waals surface area contributed by atoms with Crippen LogP contribution in [-0.4, -0.2) is 50.0 Å². The van der Waals surface area contributed by atoms with Crippen LogP contribution in [0.25, 0.3) is 0 Å². The standard InChI is InChI=1S/C15H28N4O.HI/c1-5-10-16-15(17-11-14(20)19(3)4)18-13-9-7-6-8-12(13)2;/h5,12-13H,1,6-11H2,2-4H3,(H2,16,17,18);1H. The van der Waals surface area contributed by atoms with Gasteiger partial charge in [-0.15, -0.1) is 30.6 Å². The van der Waals surface area contributed by atoms with Gasteiger partial charge in [0, 0.05) is 26.7 Å². The summed E-state index contributed by atoms with van der Waals surface area (Å²) in [5.41, 5.74) is 0. The van der Waals surface area contributed by atoms with E-state index in [1.54, 1.807) is 25.1 Å². The molecule has 0 spiro atoms. The van der Waals surface area contributed by atoms with E-state index in [4.69, 9.17) is 0 Å². The molecule has 1 amide bonds. The molecule has 0 aliphatic heterocycles. The van der Waals surface area contributed by atoms with E-state index in [9.17, 15) is 4.79 Å². The quantitative estimate of drug-likeness (QED) is 0.317. The van der Waals surface area contributed by atoms with Crippen LogP contribution in [0.15, 0.2) is 17.6 Å². The highest BCUT2D eigenvalue weighted by atomic mass is 127. The van der Waals surface area contributed by atoms with Crippen molar-refractivity contribution in [3.05, 3.63) is 12.7 Å². The second-order valence-electron chi connectivity index (χ2n) is 5.64. The molecule has 21 heavy (non-hydrogen) atoms.